The molecule has 3 atom stereocenters. The van der Waals surface area contributed by atoms with Crippen molar-refractivity contribution in [3.05, 3.63) is 0 Å². The summed E-state index contributed by atoms with van der Waals surface area (Å²) in [5.74, 6) is 6.85. The Hall–Kier alpha value is 0.720. The molecule has 2 saturated carbocycles. The Morgan fingerprint density at radius 2 is 2.00 bits per heavy atom. The zero-order valence-corrected chi connectivity index (χ0v) is 13.7. The molecule has 0 saturated heterocycles. The summed E-state index contributed by atoms with van der Waals surface area (Å²) in [6, 6.07) is 0. The number of thioether (sulfide) groups is 3. The molecule has 104 valence electrons. The molecule has 1 nitrogen and oxygen atoms in total. The molecule has 2 aliphatic carbocycles. The molecule has 0 aromatic heterocycles. The first kappa shape index (κ1) is 15.1. The third-order valence-corrected chi connectivity index (χ3v) is 7.17. The molecule has 0 aromatic rings. The van der Waals surface area contributed by atoms with Crippen molar-refractivity contribution in [1.82, 2.24) is 0 Å². The Labute approximate surface area is 124 Å². The van der Waals surface area contributed by atoms with Crippen LogP contribution in [0.1, 0.15) is 32.1 Å². The minimum atomic E-state index is 0.429. The molecule has 3 unspecified atom stereocenters. The van der Waals surface area contributed by atoms with Crippen molar-refractivity contribution >= 4 is 40.4 Å². The van der Waals surface area contributed by atoms with Crippen LogP contribution in [0.5, 0.6) is 0 Å². The fourth-order valence-corrected chi connectivity index (χ4v) is 6.08. The average Bonchev–Trinajstić information content (AvgIpc) is 2.99. The first-order chi connectivity index (χ1) is 8.81. The Balaban J connectivity index is 1.50. The zero-order valence-electron chi connectivity index (χ0n) is 11.2. The molecule has 2 rings (SSSR count). The Bertz CT molecular complexity index is 270. The number of carbonyl (C=O) groups excluding carboxylic acids is 1. The molecule has 18 heavy (non-hydrogen) atoms. The van der Waals surface area contributed by atoms with Gasteiger partial charge >= 0.3 is 0 Å². The largest absolute Gasteiger partial charge is 0.287 e. The molecule has 2 aliphatic rings. The lowest BCUT2D eigenvalue weighted by Gasteiger charge is -2.19. The van der Waals surface area contributed by atoms with E-state index >= 15 is 0 Å². The van der Waals surface area contributed by atoms with Crippen LogP contribution in [0.4, 0.5) is 0 Å². The van der Waals surface area contributed by atoms with Crippen molar-refractivity contribution in [2.75, 3.05) is 29.3 Å². The van der Waals surface area contributed by atoms with Gasteiger partial charge in [-0.15, -0.1) is 0 Å². The van der Waals surface area contributed by atoms with Gasteiger partial charge in [0.25, 0.3) is 0 Å². The summed E-state index contributed by atoms with van der Waals surface area (Å²) in [4.78, 5) is 12.1. The van der Waals surface area contributed by atoms with Gasteiger partial charge in [-0.3, -0.25) is 4.79 Å². The maximum absolute atomic E-state index is 12.1. The molecule has 0 N–H and O–H groups in total. The van der Waals surface area contributed by atoms with Gasteiger partial charge in [0, 0.05) is 23.2 Å². The minimum absolute atomic E-state index is 0.429. The highest BCUT2D eigenvalue weighted by molar-refractivity contribution is 8.13. The molecule has 4 heteroatoms. The second-order valence-corrected chi connectivity index (χ2v) is 8.72. The summed E-state index contributed by atoms with van der Waals surface area (Å²) in [6.07, 6.45) is 8.62. The first-order valence-electron chi connectivity index (χ1n) is 7.04. The number of fused-ring (bicyclic) bond motifs is 2. The van der Waals surface area contributed by atoms with Gasteiger partial charge in [-0.1, -0.05) is 18.2 Å². The van der Waals surface area contributed by atoms with Crippen LogP contribution in [-0.4, -0.2) is 34.4 Å². The Kier molecular flexibility index (Phi) is 6.81. The molecule has 0 aliphatic heterocycles. The van der Waals surface area contributed by atoms with E-state index in [4.69, 9.17) is 0 Å². The molecule has 0 spiro atoms. The molecule has 2 bridgehead atoms. The van der Waals surface area contributed by atoms with Gasteiger partial charge in [-0.25, -0.2) is 0 Å². The fraction of sp³-hybridized carbons (Fsp3) is 0.929. The van der Waals surface area contributed by atoms with Crippen molar-refractivity contribution in [3.63, 3.8) is 0 Å². The molecule has 2 fully saturated rings. The third-order valence-electron chi connectivity index (χ3n) is 4.15. The maximum Gasteiger partial charge on any atom is 0.192 e. The third kappa shape index (κ3) is 4.38. The summed E-state index contributed by atoms with van der Waals surface area (Å²) in [6.45, 7) is 0. The van der Waals surface area contributed by atoms with E-state index in [1.807, 2.05) is 23.5 Å². The van der Waals surface area contributed by atoms with E-state index in [-0.39, 0.29) is 0 Å². The van der Waals surface area contributed by atoms with E-state index in [1.54, 1.807) is 11.8 Å². The lowest BCUT2D eigenvalue weighted by Crippen LogP contribution is -2.18. The predicted molar refractivity (Wildman–Crippen MR) is 86.7 cm³/mol. The highest BCUT2D eigenvalue weighted by atomic mass is 32.2. The molecular formula is C14H24OS3. The van der Waals surface area contributed by atoms with Crippen molar-refractivity contribution in [1.29, 1.82) is 0 Å². The van der Waals surface area contributed by atoms with E-state index in [0.29, 0.717) is 11.0 Å². The molecular weight excluding hydrogens is 280 g/mol. The van der Waals surface area contributed by atoms with Crippen LogP contribution in [0.25, 0.3) is 0 Å². The van der Waals surface area contributed by atoms with Crippen LogP contribution >= 0.6 is 35.3 Å². The van der Waals surface area contributed by atoms with E-state index < -0.39 is 0 Å². The van der Waals surface area contributed by atoms with Crippen molar-refractivity contribution < 1.29 is 4.79 Å². The van der Waals surface area contributed by atoms with Crippen molar-refractivity contribution in [2.24, 2.45) is 17.8 Å². The SMILES string of the molecule is CSCCSCCCSC(=O)C1CC2CCC1C2. The van der Waals surface area contributed by atoms with Crippen LogP contribution in [0.15, 0.2) is 0 Å². The van der Waals surface area contributed by atoms with E-state index in [0.717, 1.165) is 17.6 Å². The highest BCUT2D eigenvalue weighted by Crippen LogP contribution is 2.49. The van der Waals surface area contributed by atoms with Crippen LogP contribution in [-0.2, 0) is 4.79 Å². The summed E-state index contributed by atoms with van der Waals surface area (Å²) in [5.41, 5.74) is 0. The summed E-state index contributed by atoms with van der Waals surface area (Å²) >= 11 is 5.56. The lowest BCUT2D eigenvalue weighted by molar-refractivity contribution is -0.115. The van der Waals surface area contributed by atoms with Gasteiger partial charge in [0.15, 0.2) is 5.12 Å². The van der Waals surface area contributed by atoms with E-state index in [9.17, 15) is 4.79 Å². The molecule has 0 aromatic carbocycles. The molecule has 0 amide bonds. The summed E-state index contributed by atoms with van der Waals surface area (Å²) < 4.78 is 0. The highest BCUT2D eigenvalue weighted by Gasteiger charge is 2.42. The summed E-state index contributed by atoms with van der Waals surface area (Å²) in [5, 5.41) is 0.510. The first-order valence-corrected chi connectivity index (χ1v) is 10.6. The van der Waals surface area contributed by atoms with Crippen molar-refractivity contribution in [2.45, 2.75) is 32.1 Å². The fourth-order valence-electron chi connectivity index (χ4n) is 3.22. The quantitative estimate of drug-likeness (QED) is 0.626. The lowest BCUT2D eigenvalue weighted by atomic mass is 9.90. The van der Waals surface area contributed by atoms with Crippen LogP contribution in [0, 0.1) is 17.8 Å². The molecule has 0 heterocycles. The van der Waals surface area contributed by atoms with Gasteiger partial charge in [0.2, 0.25) is 0 Å². The Morgan fingerprint density at radius 1 is 1.11 bits per heavy atom. The average molecular weight is 305 g/mol. The molecule has 0 radical (unpaired) electrons. The topological polar surface area (TPSA) is 17.1 Å². The monoisotopic (exact) mass is 304 g/mol. The van der Waals surface area contributed by atoms with Crippen LogP contribution in [0.3, 0.4) is 0 Å². The number of hydrogen-bond donors (Lipinski definition) is 0. The minimum Gasteiger partial charge on any atom is -0.287 e. The number of hydrogen-bond acceptors (Lipinski definition) is 4. The van der Waals surface area contributed by atoms with Gasteiger partial charge < -0.3 is 0 Å². The number of carbonyl (C=O) groups is 1. The van der Waals surface area contributed by atoms with Gasteiger partial charge in [0.05, 0.1) is 0 Å². The van der Waals surface area contributed by atoms with E-state index in [2.05, 4.69) is 6.26 Å². The van der Waals surface area contributed by atoms with Gasteiger partial charge in [0.1, 0.15) is 0 Å². The van der Waals surface area contributed by atoms with Crippen LogP contribution < -0.4 is 0 Å². The standard InChI is InChI=1S/C14H24OS3/c1-16-7-8-17-5-2-6-18-14(15)13-10-11-3-4-12(13)9-11/h11-13H,2-10H2,1H3. The number of rotatable bonds is 8. The smallest absolute Gasteiger partial charge is 0.192 e. The van der Waals surface area contributed by atoms with Crippen LogP contribution in [0.2, 0.25) is 0 Å². The second kappa shape index (κ2) is 8.11. The normalized spacial score (nSPS) is 29.9. The zero-order chi connectivity index (χ0) is 12.8. The van der Waals surface area contributed by atoms with E-state index in [1.165, 1.54) is 49.4 Å². The second-order valence-electron chi connectivity index (χ2n) is 5.41. The van der Waals surface area contributed by atoms with Gasteiger partial charge in [-0.2, -0.15) is 23.5 Å². The van der Waals surface area contributed by atoms with Gasteiger partial charge in [-0.05, 0) is 49.5 Å². The summed E-state index contributed by atoms with van der Waals surface area (Å²) in [7, 11) is 0. The Morgan fingerprint density at radius 3 is 2.67 bits per heavy atom. The van der Waals surface area contributed by atoms with Crippen molar-refractivity contribution in [3.8, 4) is 0 Å². The maximum atomic E-state index is 12.1. The predicted octanol–water partition coefficient (Wildman–Crippen LogP) is 4.17.